The number of pyridine rings is 1. The first-order valence-electron chi connectivity index (χ1n) is 11.7. The molecule has 0 spiro atoms. The molecule has 1 aromatic carbocycles. The van der Waals surface area contributed by atoms with E-state index in [1.54, 1.807) is 24.3 Å². The Hall–Kier alpha value is -2.65. The van der Waals surface area contributed by atoms with E-state index in [0.29, 0.717) is 11.7 Å². The van der Waals surface area contributed by atoms with E-state index in [2.05, 4.69) is 14.6 Å². The molecule has 178 valence electrons. The SMILES string of the molecule is CCc1ccc(S(=O)(=O)Nc2cnc(N3CCC[C@H](CN4CCCC4)C3)c(C(=O)O)c2)cc1. The quantitative estimate of drug-likeness (QED) is 0.606. The number of carboxylic acid groups (broad SMARTS) is 1. The van der Waals surface area contributed by atoms with Crippen molar-refractivity contribution in [2.24, 2.45) is 5.92 Å². The fourth-order valence-corrected chi connectivity index (χ4v) is 5.81. The zero-order valence-corrected chi connectivity index (χ0v) is 19.9. The molecule has 9 heteroatoms. The zero-order valence-electron chi connectivity index (χ0n) is 19.0. The number of rotatable bonds is 8. The van der Waals surface area contributed by atoms with Crippen LogP contribution in [-0.2, 0) is 16.4 Å². The predicted molar refractivity (Wildman–Crippen MR) is 128 cm³/mol. The molecule has 3 heterocycles. The topological polar surface area (TPSA) is 103 Å². The second-order valence-corrected chi connectivity index (χ2v) is 10.6. The van der Waals surface area contributed by atoms with E-state index in [1.807, 2.05) is 11.8 Å². The van der Waals surface area contributed by atoms with Crippen molar-refractivity contribution in [2.75, 3.05) is 42.3 Å². The molecule has 0 unspecified atom stereocenters. The van der Waals surface area contributed by atoms with Gasteiger partial charge >= 0.3 is 5.97 Å². The molecule has 1 atom stereocenters. The number of hydrogen-bond donors (Lipinski definition) is 2. The van der Waals surface area contributed by atoms with E-state index in [0.717, 1.165) is 57.5 Å². The van der Waals surface area contributed by atoms with Gasteiger partial charge in [0.1, 0.15) is 11.4 Å². The average molecular weight is 473 g/mol. The number of aryl methyl sites for hydroxylation is 1. The van der Waals surface area contributed by atoms with Crippen LogP contribution in [0.2, 0.25) is 0 Å². The number of nitrogens with one attached hydrogen (secondary N) is 1. The minimum atomic E-state index is -3.84. The molecule has 2 N–H and O–H groups in total. The third-order valence-corrected chi connectivity index (χ3v) is 7.92. The highest BCUT2D eigenvalue weighted by Crippen LogP contribution is 2.28. The minimum Gasteiger partial charge on any atom is -0.478 e. The van der Waals surface area contributed by atoms with Gasteiger partial charge in [0.15, 0.2) is 0 Å². The van der Waals surface area contributed by atoms with Gasteiger partial charge in [0, 0.05) is 19.6 Å². The third kappa shape index (κ3) is 5.65. The molecule has 4 rings (SSSR count). The molecule has 2 saturated heterocycles. The first-order valence-corrected chi connectivity index (χ1v) is 13.2. The smallest absolute Gasteiger partial charge is 0.339 e. The Kier molecular flexibility index (Phi) is 7.19. The van der Waals surface area contributed by atoms with Crippen LogP contribution in [0.4, 0.5) is 11.5 Å². The van der Waals surface area contributed by atoms with Crippen molar-refractivity contribution < 1.29 is 18.3 Å². The number of piperidine rings is 1. The van der Waals surface area contributed by atoms with Gasteiger partial charge in [-0.1, -0.05) is 19.1 Å². The summed E-state index contributed by atoms with van der Waals surface area (Å²) in [4.78, 5) is 21.1. The fourth-order valence-electron chi connectivity index (χ4n) is 4.78. The number of aromatic carboxylic acids is 1. The van der Waals surface area contributed by atoms with E-state index < -0.39 is 16.0 Å². The summed E-state index contributed by atoms with van der Waals surface area (Å²) in [6, 6.07) is 8.01. The molecule has 0 bridgehead atoms. The first kappa shape index (κ1) is 23.5. The lowest BCUT2D eigenvalue weighted by molar-refractivity contribution is 0.0697. The first-order chi connectivity index (χ1) is 15.9. The molecule has 2 aromatic rings. The lowest BCUT2D eigenvalue weighted by Crippen LogP contribution is -2.41. The molecule has 8 nitrogen and oxygen atoms in total. The van der Waals surface area contributed by atoms with Crippen LogP contribution in [0.25, 0.3) is 0 Å². The van der Waals surface area contributed by atoms with Gasteiger partial charge in [0.2, 0.25) is 0 Å². The number of hydrogen-bond acceptors (Lipinski definition) is 6. The predicted octanol–water partition coefficient (Wildman–Crippen LogP) is 3.46. The molecule has 2 aliphatic rings. The van der Waals surface area contributed by atoms with E-state index in [1.165, 1.54) is 25.1 Å². The molecule has 0 amide bonds. The lowest BCUT2D eigenvalue weighted by Gasteiger charge is -2.36. The third-order valence-electron chi connectivity index (χ3n) is 6.52. The Morgan fingerprint density at radius 3 is 2.55 bits per heavy atom. The molecule has 0 aliphatic carbocycles. The summed E-state index contributed by atoms with van der Waals surface area (Å²) in [5.74, 6) is -0.235. The Bertz CT molecular complexity index is 1080. The summed E-state index contributed by atoms with van der Waals surface area (Å²) < 4.78 is 28.0. The second kappa shape index (κ2) is 10.1. The van der Waals surface area contributed by atoms with Crippen LogP contribution in [-0.4, -0.2) is 62.1 Å². The summed E-state index contributed by atoms with van der Waals surface area (Å²) in [5, 5.41) is 9.84. The van der Waals surface area contributed by atoms with Crippen LogP contribution in [0.1, 0.15) is 48.5 Å². The van der Waals surface area contributed by atoms with Gasteiger partial charge in [-0.05, 0) is 74.9 Å². The molecular formula is C24H32N4O4S. The normalized spacial score (nSPS) is 19.5. The van der Waals surface area contributed by atoms with Crippen molar-refractivity contribution in [3.05, 3.63) is 47.7 Å². The summed E-state index contributed by atoms with van der Waals surface area (Å²) in [5.41, 5.74) is 1.19. The van der Waals surface area contributed by atoms with Crippen molar-refractivity contribution >= 4 is 27.5 Å². The van der Waals surface area contributed by atoms with Crippen molar-refractivity contribution in [1.82, 2.24) is 9.88 Å². The largest absolute Gasteiger partial charge is 0.478 e. The molecular weight excluding hydrogens is 440 g/mol. The Morgan fingerprint density at radius 1 is 1.15 bits per heavy atom. The number of sulfonamides is 1. The van der Waals surface area contributed by atoms with Crippen molar-refractivity contribution in [2.45, 2.75) is 43.9 Å². The maximum atomic E-state index is 12.8. The minimum absolute atomic E-state index is 0.0124. The van der Waals surface area contributed by atoms with E-state index >= 15 is 0 Å². The average Bonchev–Trinajstić information content (AvgIpc) is 3.32. The van der Waals surface area contributed by atoms with Gasteiger partial charge in [-0.25, -0.2) is 18.2 Å². The molecule has 2 fully saturated rings. The summed E-state index contributed by atoms with van der Waals surface area (Å²) in [6.45, 7) is 6.83. The highest BCUT2D eigenvalue weighted by Gasteiger charge is 2.27. The summed E-state index contributed by atoms with van der Waals surface area (Å²) >= 11 is 0. The van der Waals surface area contributed by atoms with Crippen LogP contribution >= 0.6 is 0 Å². The second-order valence-electron chi connectivity index (χ2n) is 8.97. The van der Waals surface area contributed by atoms with E-state index in [4.69, 9.17) is 0 Å². The van der Waals surface area contributed by atoms with Gasteiger partial charge < -0.3 is 14.9 Å². The van der Waals surface area contributed by atoms with E-state index in [9.17, 15) is 18.3 Å². The van der Waals surface area contributed by atoms with Crippen LogP contribution in [0.5, 0.6) is 0 Å². The molecule has 0 radical (unpaired) electrons. The molecule has 33 heavy (non-hydrogen) atoms. The zero-order chi connectivity index (χ0) is 23.4. The molecule has 0 saturated carbocycles. The van der Waals surface area contributed by atoms with Crippen LogP contribution < -0.4 is 9.62 Å². The summed E-state index contributed by atoms with van der Waals surface area (Å²) in [6.07, 6.45) is 6.84. The maximum Gasteiger partial charge on any atom is 0.339 e. The summed E-state index contributed by atoms with van der Waals surface area (Å²) in [7, 11) is -3.84. The van der Waals surface area contributed by atoms with Crippen molar-refractivity contribution in [3.63, 3.8) is 0 Å². The van der Waals surface area contributed by atoms with Gasteiger partial charge in [-0.15, -0.1) is 0 Å². The molecule has 2 aliphatic heterocycles. The van der Waals surface area contributed by atoms with E-state index in [-0.39, 0.29) is 16.1 Å². The maximum absolute atomic E-state index is 12.8. The van der Waals surface area contributed by atoms with Gasteiger partial charge in [-0.2, -0.15) is 0 Å². The highest BCUT2D eigenvalue weighted by atomic mass is 32.2. The van der Waals surface area contributed by atoms with Gasteiger partial charge in [0.05, 0.1) is 16.8 Å². The Balaban J connectivity index is 1.51. The highest BCUT2D eigenvalue weighted by molar-refractivity contribution is 7.92. The number of carbonyl (C=O) groups is 1. The standard InChI is InChI=1S/C24H32N4O4S/c1-2-18-7-9-21(10-8-18)33(31,32)26-20-14-22(24(29)30)23(25-15-20)28-13-5-6-19(17-28)16-27-11-3-4-12-27/h7-10,14-15,19,26H,2-6,11-13,16-17H2,1H3,(H,29,30)/t19-/m1/s1. The molecule has 1 aromatic heterocycles. The number of anilines is 2. The Labute approximate surface area is 195 Å². The number of aromatic nitrogens is 1. The fraction of sp³-hybridized carbons (Fsp3) is 0.500. The van der Waals surface area contributed by atoms with Crippen LogP contribution in [0.3, 0.4) is 0 Å². The van der Waals surface area contributed by atoms with Crippen LogP contribution in [0.15, 0.2) is 41.4 Å². The monoisotopic (exact) mass is 472 g/mol. The number of likely N-dealkylation sites (tertiary alicyclic amines) is 1. The van der Waals surface area contributed by atoms with Gasteiger partial charge in [-0.3, -0.25) is 4.72 Å². The lowest BCUT2D eigenvalue weighted by atomic mass is 9.97. The van der Waals surface area contributed by atoms with Crippen LogP contribution in [0, 0.1) is 5.92 Å². The van der Waals surface area contributed by atoms with Gasteiger partial charge in [0.25, 0.3) is 10.0 Å². The number of nitrogens with zero attached hydrogens (tertiary/aromatic N) is 3. The number of benzene rings is 1. The number of carboxylic acids is 1. The van der Waals surface area contributed by atoms with Crippen molar-refractivity contribution in [1.29, 1.82) is 0 Å². The Morgan fingerprint density at radius 2 is 1.88 bits per heavy atom. The van der Waals surface area contributed by atoms with Crippen molar-refractivity contribution in [3.8, 4) is 0 Å².